The van der Waals surface area contributed by atoms with E-state index in [4.69, 9.17) is 9.47 Å². The summed E-state index contributed by atoms with van der Waals surface area (Å²) >= 11 is 0. The fourth-order valence-corrected chi connectivity index (χ4v) is 3.13. The fourth-order valence-electron chi connectivity index (χ4n) is 3.13. The summed E-state index contributed by atoms with van der Waals surface area (Å²) in [5.74, 6) is 1.17. The summed E-state index contributed by atoms with van der Waals surface area (Å²) in [5.41, 5.74) is 0.836. The Bertz CT molecular complexity index is 534. The summed E-state index contributed by atoms with van der Waals surface area (Å²) in [4.78, 5) is 18.7. The predicted octanol–water partition coefficient (Wildman–Crippen LogP) is 2.19. The number of pyridine rings is 1. The highest BCUT2D eigenvalue weighted by molar-refractivity contribution is 5.85. The van der Waals surface area contributed by atoms with Gasteiger partial charge in [-0.05, 0) is 25.8 Å². The van der Waals surface area contributed by atoms with Crippen LogP contribution in [0.3, 0.4) is 0 Å². The molecule has 3 rings (SSSR count). The number of ether oxygens (including phenoxy) is 2. The molecule has 0 atom stereocenters. The van der Waals surface area contributed by atoms with Gasteiger partial charge < -0.3 is 14.4 Å². The topological polar surface area (TPSA) is 51.7 Å². The van der Waals surface area contributed by atoms with Gasteiger partial charge in [-0.25, -0.2) is 0 Å². The fraction of sp³-hybridized carbons (Fsp3) is 0.647. The van der Waals surface area contributed by atoms with Crippen LogP contribution in [0.4, 0.5) is 0 Å². The van der Waals surface area contributed by atoms with Gasteiger partial charge in [0.15, 0.2) is 0 Å². The van der Waals surface area contributed by atoms with Crippen LogP contribution in [-0.4, -0.2) is 48.7 Å². The van der Waals surface area contributed by atoms with Gasteiger partial charge in [-0.2, -0.15) is 0 Å². The number of piperidine rings is 1. The Morgan fingerprint density at radius 2 is 2.14 bits per heavy atom. The average Bonchev–Trinajstić information content (AvgIpc) is 3.31. The number of nitrogens with zero attached hydrogens (tertiary/aromatic N) is 2. The van der Waals surface area contributed by atoms with Crippen LogP contribution in [0.2, 0.25) is 0 Å². The summed E-state index contributed by atoms with van der Waals surface area (Å²) in [7, 11) is 1.67. The van der Waals surface area contributed by atoms with Gasteiger partial charge in [0.2, 0.25) is 5.91 Å². The van der Waals surface area contributed by atoms with Gasteiger partial charge in [-0.3, -0.25) is 9.78 Å². The van der Waals surface area contributed by atoms with Gasteiger partial charge in [0.05, 0.1) is 12.0 Å². The number of hydrogen-bond donors (Lipinski definition) is 0. The Balaban J connectivity index is 1.53. The summed E-state index contributed by atoms with van der Waals surface area (Å²) in [6.45, 7) is 4.11. The average molecular weight is 304 g/mol. The standard InChI is InChI=1S/C17H24N2O3/c1-13-11-18-8-3-15(13)22-14-4-9-19(10-5-14)16(20)17(6-7-17)12-21-2/h3,8,11,14H,4-7,9-10,12H2,1-2H3. The highest BCUT2D eigenvalue weighted by Crippen LogP contribution is 2.47. The zero-order valence-electron chi connectivity index (χ0n) is 13.4. The third-order valence-corrected chi connectivity index (χ3v) is 4.72. The lowest BCUT2D eigenvalue weighted by Gasteiger charge is -2.34. The predicted molar refractivity (Wildman–Crippen MR) is 82.7 cm³/mol. The van der Waals surface area contributed by atoms with E-state index >= 15 is 0 Å². The van der Waals surface area contributed by atoms with E-state index in [0.717, 1.165) is 50.1 Å². The summed E-state index contributed by atoms with van der Waals surface area (Å²) in [6.07, 6.45) is 7.45. The van der Waals surface area contributed by atoms with Crippen molar-refractivity contribution in [1.29, 1.82) is 0 Å². The summed E-state index contributed by atoms with van der Waals surface area (Å²) in [5, 5.41) is 0. The normalized spacial score (nSPS) is 20.7. The number of methoxy groups -OCH3 is 1. The van der Waals surface area contributed by atoms with Crippen molar-refractivity contribution >= 4 is 5.91 Å². The van der Waals surface area contributed by atoms with Crippen LogP contribution in [0, 0.1) is 12.3 Å². The molecule has 2 aliphatic rings. The largest absolute Gasteiger partial charge is 0.490 e. The van der Waals surface area contributed by atoms with Gasteiger partial charge in [0, 0.05) is 51.0 Å². The summed E-state index contributed by atoms with van der Waals surface area (Å²) in [6, 6.07) is 1.91. The molecule has 1 saturated carbocycles. The zero-order valence-corrected chi connectivity index (χ0v) is 13.4. The molecule has 0 spiro atoms. The molecule has 1 aliphatic carbocycles. The van der Waals surface area contributed by atoms with Gasteiger partial charge in [0.25, 0.3) is 0 Å². The number of carbonyl (C=O) groups excluding carboxylic acids is 1. The quantitative estimate of drug-likeness (QED) is 0.837. The first-order valence-electron chi connectivity index (χ1n) is 8.00. The van der Waals surface area contributed by atoms with E-state index in [0.29, 0.717) is 6.61 Å². The monoisotopic (exact) mass is 304 g/mol. The van der Waals surface area contributed by atoms with Crippen LogP contribution >= 0.6 is 0 Å². The lowest BCUT2D eigenvalue weighted by Crippen LogP contribution is -2.46. The molecule has 5 heteroatoms. The molecule has 22 heavy (non-hydrogen) atoms. The lowest BCUT2D eigenvalue weighted by molar-refractivity contribution is -0.140. The molecule has 1 aromatic heterocycles. The van der Waals surface area contributed by atoms with Crippen molar-refractivity contribution in [3.05, 3.63) is 24.0 Å². The molecule has 1 amide bonds. The lowest BCUT2D eigenvalue weighted by atomic mass is 10.0. The van der Waals surface area contributed by atoms with Crippen LogP contribution < -0.4 is 4.74 Å². The molecular formula is C17H24N2O3. The highest BCUT2D eigenvalue weighted by atomic mass is 16.5. The van der Waals surface area contributed by atoms with Gasteiger partial charge in [-0.1, -0.05) is 0 Å². The van der Waals surface area contributed by atoms with E-state index in [-0.39, 0.29) is 17.4 Å². The third kappa shape index (κ3) is 3.09. The maximum atomic E-state index is 12.6. The Morgan fingerprint density at radius 3 is 2.73 bits per heavy atom. The van der Waals surface area contributed by atoms with E-state index < -0.39 is 0 Å². The molecular weight excluding hydrogens is 280 g/mol. The maximum absolute atomic E-state index is 12.6. The Hall–Kier alpha value is -1.62. The minimum Gasteiger partial charge on any atom is -0.490 e. The minimum atomic E-state index is -0.218. The van der Waals surface area contributed by atoms with Crippen LogP contribution in [-0.2, 0) is 9.53 Å². The van der Waals surface area contributed by atoms with Crippen molar-refractivity contribution < 1.29 is 14.3 Å². The molecule has 0 N–H and O–H groups in total. The molecule has 1 saturated heterocycles. The smallest absolute Gasteiger partial charge is 0.231 e. The first-order valence-corrected chi connectivity index (χ1v) is 8.00. The molecule has 2 fully saturated rings. The molecule has 0 aromatic carbocycles. The molecule has 2 heterocycles. The zero-order chi connectivity index (χ0) is 15.6. The van der Waals surface area contributed by atoms with Crippen molar-refractivity contribution in [2.45, 2.75) is 38.7 Å². The van der Waals surface area contributed by atoms with E-state index in [1.54, 1.807) is 13.3 Å². The van der Waals surface area contributed by atoms with E-state index in [1.165, 1.54) is 0 Å². The number of carbonyl (C=O) groups is 1. The second kappa shape index (κ2) is 6.24. The third-order valence-electron chi connectivity index (χ3n) is 4.72. The minimum absolute atomic E-state index is 0.183. The number of aromatic nitrogens is 1. The number of aryl methyl sites for hydroxylation is 1. The van der Waals surface area contributed by atoms with Crippen LogP contribution in [0.5, 0.6) is 5.75 Å². The van der Waals surface area contributed by atoms with Crippen LogP contribution in [0.15, 0.2) is 18.5 Å². The van der Waals surface area contributed by atoms with Gasteiger partial charge >= 0.3 is 0 Å². The van der Waals surface area contributed by atoms with E-state index in [9.17, 15) is 4.79 Å². The van der Waals surface area contributed by atoms with Crippen LogP contribution in [0.25, 0.3) is 0 Å². The van der Waals surface area contributed by atoms with E-state index in [1.807, 2.05) is 24.1 Å². The van der Waals surface area contributed by atoms with Crippen LogP contribution in [0.1, 0.15) is 31.2 Å². The van der Waals surface area contributed by atoms with Crippen molar-refractivity contribution in [3.63, 3.8) is 0 Å². The highest BCUT2D eigenvalue weighted by Gasteiger charge is 2.52. The van der Waals surface area contributed by atoms with Crippen molar-refractivity contribution in [3.8, 4) is 5.75 Å². The summed E-state index contributed by atoms with van der Waals surface area (Å²) < 4.78 is 11.3. The molecule has 0 radical (unpaired) electrons. The van der Waals surface area contributed by atoms with Crippen molar-refractivity contribution in [1.82, 2.24) is 9.88 Å². The van der Waals surface area contributed by atoms with Crippen molar-refractivity contribution in [2.24, 2.45) is 5.41 Å². The number of likely N-dealkylation sites (tertiary alicyclic amines) is 1. The van der Waals surface area contributed by atoms with Crippen molar-refractivity contribution in [2.75, 3.05) is 26.8 Å². The second-order valence-corrected chi connectivity index (χ2v) is 6.46. The SMILES string of the molecule is COCC1(C(=O)N2CCC(Oc3ccncc3C)CC2)CC1. The van der Waals surface area contributed by atoms with Gasteiger partial charge in [0.1, 0.15) is 11.9 Å². The Labute approximate surface area is 131 Å². The number of amides is 1. The first kappa shape index (κ1) is 15.3. The second-order valence-electron chi connectivity index (χ2n) is 6.46. The molecule has 120 valence electrons. The molecule has 0 bridgehead atoms. The number of hydrogen-bond acceptors (Lipinski definition) is 4. The maximum Gasteiger partial charge on any atom is 0.231 e. The van der Waals surface area contributed by atoms with E-state index in [2.05, 4.69) is 4.98 Å². The first-order chi connectivity index (χ1) is 10.6. The Morgan fingerprint density at radius 1 is 1.41 bits per heavy atom. The molecule has 0 unspecified atom stereocenters. The number of rotatable bonds is 5. The molecule has 1 aliphatic heterocycles. The molecule has 1 aromatic rings. The molecule has 5 nitrogen and oxygen atoms in total. The Kier molecular flexibility index (Phi) is 4.34. The van der Waals surface area contributed by atoms with Gasteiger partial charge in [-0.15, -0.1) is 0 Å².